The number of rotatable bonds is 3. The predicted molar refractivity (Wildman–Crippen MR) is 91.0 cm³/mol. The number of carbonyl (C=O) groups is 1. The third-order valence-corrected chi connectivity index (χ3v) is 5.19. The highest BCUT2D eigenvalue weighted by atomic mass is 32.1. The highest BCUT2D eigenvalue weighted by Gasteiger charge is 2.22. The Kier molecular flexibility index (Phi) is 4.01. The smallest absolute Gasteiger partial charge is 0.229 e. The lowest BCUT2D eigenvalue weighted by Gasteiger charge is -2.20. The van der Waals surface area contributed by atoms with Crippen molar-refractivity contribution in [2.45, 2.75) is 19.3 Å². The summed E-state index contributed by atoms with van der Waals surface area (Å²) in [5.74, 6) is 1.17. The summed E-state index contributed by atoms with van der Waals surface area (Å²) < 4.78 is 5.53. The van der Waals surface area contributed by atoms with Gasteiger partial charge < -0.3 is 15.4 Å². The average molecular weight is 329 g/mol. The largest absolute Gasteiger partial charge is 0.493 e. The van der Waals surface area contributed by atoms with Crippen LogP contribution in [0.3, 0.4) is 0 Å². The molecule has 6 heteroatoms. The lowest BCUT2D eigenvalue weighted by Crippen LogP contribution is -2.34. The summed E-state index contributed by atoms with van der Waals surface area (Å²) in [6.07, 6.45) is 2.75. The van der Waals surface area contributed by atoms with E-state index >= 15 is 0 Å². The third-order valence-electron chi connectivity index (χ3n) is 4.43. The Bertz CT molecular complexity index is 722. The van der Waals surface area contributed by atoms with Crippen LogP contribution >= 0.6 is 11.3 Å². The van der Waals surface area contributed by atoms with E-state index in [1.807, 2.05) is 17.5 Å². The van der Waals surface area contributed by atoms with Gasteiger partial charge in [-0.3, -0.25) is 4.79 Å². The summed E-state index contributed by atoms with van der Waals surface area (Å²) in [5.41, 5.74) is 3.22. The molecule has 1 fully saturated rings. The molecular weight excluding hydrogens is 310 g/mol. The van der Waals surface area contributed by atoms with Crippen molar-refractivity contribution in [3.8, 4) is 17.0 Å². The van der Waals surface area contributed by atoms with Crippen LogP contribution in [0, 0.1) is 5.92 Å². The van der Waals surface area contributed by atoms with E-state index in [0.29, 0.717) is 5.13 Å². The fraction of sp³-hybridized carbons (Fsp3) is 0.412. The maximum atomic E-state index is 12.3. The van der Waals surface area contributed by atoms with Crippen molar-refractivity contribution in [2.24, 2.45) is 5.92 Å². The summed E-state index contributed by atoms with van der Waals surface area (Å²) >= 11 is 1.48. The van der Waals surface area contributed by atoms with Crippen LogP contribution in [0.5, 0.6) is 5.75 Å². The minimum Gasteiger partial charge on any atom is -0.493 e. The van der Waals surface area contributed by atoms with Crippen LogP contribution in [-0.2, 0) is 11.2 Å². The molecule has 1 amide bonds. The van der Waals surface area contributed by atoms with Gasteiger partial charge in [0, 0.05) is 23.3 Å². The molecule has 1 aromatic heterocycles. The highest BCUT2D eigenvalue weighted by Crippen LogP contribution is 2.32. The number of nitrogens with one attached hydrogen (secondary N) is 2. The molecule has 0 bridgehead atoms. The highest BCUT2D eigenvalue weighted by molar-refractivity contribution is 7.14. The maximum Gasteiger partial charge on any atom is 0.229 e. The van der Waals surface area contributed by atoms with Gasteiger partial charge in [0.2, 0.25) is 5.91 Å². The van der Waals surface area contributed by atoms with Gasteiger partial charge >= 0.3 is 0 Å². The van der Waals surface area contributed by atoms with E-state index in [1.54, 1.807) is 0 Å². The number of aromatic nitrogens is 1. The molecule has 1 aromatic carbocycles. The maximum absolute atomic E-state index is 12.3. The Labute approximate surface area is 139 Å². The van der Waals surface area contributed by atoms with E-state index in [-0.39, 0.29) is 11.8 Å². The predicted octanol–water partition coefficient (Wildman–Crippen LogP) is 2.68. The zero-order valence-electron chi connectivity index (χ0n) is 12.8. The average Bonchev–Trinajstić information content (AvgIpc) is 3.23. The van der Waals surface area contributed by atoms with Crippen LogP contribution in [-0.4, -0.2) is 30.6 Å². The second kappa shape index (κ2) is 6.29. The molecule has 120 valence electrons. The Balaban J connectivity index is 1.47. The topological polar surface area (TPSA) is 63.2 Å². The van der Waals surface area contributed by atoms with Crippen LogP contribution in [0.1, 0.15) is 18.4 Å². The molecule has 2 aromatic rings. The molecule has 2 aliphatic rings. The van der Waals surface area contributed by atoms with E-state index in [1.165, 1.54) is 16.9 Å². The van der Waals surface area contributed by atoms with Gasteiger partial charge in [0.1, 0.15) is 5.75 Å². The first kappa shape index (κ1) is 14.7. The molecule has 4 rings (SSSR count). The molecule has 0 spiro atoms. The Morgan fingerprint density at radius 2 is 2.22 bits per heavy atom. The minimum absolute atomic E-state index is 0.0924. The summed E-state index contributed by atoms with van der Waals surface area (Å²) in [6, 6.07) is 6.16. The normalized spacial score (nSPS) is 17.6. The fourth-order valence-electron chi connectivity index (χ4n) is 3.10. The van der Waals surface area contributed by atoms with Crippen LogP contribution in [0.15, 0.2) is 23.6 Å². The molecule has 0 aliphatic carbocycles. The zero-order chi connectivity index (χ0) is 15.6. The van der Waals surface area contributed by atoms with Crippen molar-refractivity contribution in [2.75, 3.05) is 25.0 Å². The number of carbonyl (C=O) groups excluding carboxylic acids is 1. The number of fused-ring (bicyclic) bond motifs is 1. The number of benzene rings is 1. The van der Waals surface area contributed by atoms with E-state index in [4.69, 9.17) is 4.74 Å². The van der Waals surface area contributed by atoms with Crippen molar-refractivity contribution in [3.63, 3.8) is 0 Å². The van der Waals surface area contributed by atoms with Gasteiger partial charge in [-0.05, 0) is 49.7 Å². The first-order valence-electron chi connectivity index (χ1n) is 8.03. The summed E-state index contributed by atoms with van der Waals surface area (Å²) in [7, 11) is 0. The van der Waals surface area contributed by atoms with E-state index < -0.39 is 0 Å². The second-order valence-electron chi connectivity index (χ2n) is 5.97. The number of ether oxygens (including phenoxy) is 1. The number of anilines is 1. The van der Waals surface area contributed by atoms with Gasteiger partial charge in [0.25, 0.3) is 0 Å². The molecule has 23 heavy (non-hydrogen) atoms. The van der Waals surface area contributed by atoms with Crippen molar-refractivity contribution >= 4 is 22.4 Å². The molecule has 2 N–H and O–H groups in total. The number of hydrogen-bond donors (Lipinski definition) is 2. The summed E-state index contributed by atoms with van der Waals surface area (Å²) in [6.45, 7) is 2.59. The lowest BCUT2D eigenvalue weighted by molar-refractivity contribution is -0.120. The second-order valence-corrected chi connectivity index (χ2v) is 6.83. The van der Waals surface area contributed by atoms with Gasteiger partial charge in [-0.25, -0.2) is 4.98 Å². The van der Waals surface area contributed by atoms with Crippen molar-refractivity contribution < 1.29 is 9.53 Å². The Hall–Kier alpha value is -1.92. The van der Waals surface area contributed by atoms with Gasteiger partial charge in [0.15, 0.2) is 5.13 Å². The molecule has 5 nitrogen and oxygen atoms in total. The molecule has 0 radical (unpaired) electrons. The first-order chi connectivity index (χ1) is 11.3. The number of thiazole rings is 1. The fourth-order valence-corrected chi connectivity index (χ4v) is 3.82. The van der Waals surface area contributed by atoms with Gasteiger partial charge in [0.05, 0.1) is 12.3 Å². The molecular formula is C17H19N3O2S. The van der Waals surface area contributed by atoms with Crippen molar-refractivity contribution in [3.05, 3.63) is 29.1 Å². The van der Waals surface area contributed by atoms with Gasteiger partial charge in [-0.1, -0.05) is 0 Å². The monoisotopic (exact) mass is 329 g/mol. The van der Waals surface area contributed by atoms with Crippen LogP contribution in [0.2, 0.25) is 0 Å². The van der Waals surface area contributed by atoms with Crippen molar-refractivity contribution in [1.29, 1.82) is 0 Å². The van der Waals surface area contributed by atoms with Crippen LogP contribution in [0.25, 0.3) is 11.3 Å². The van der Waals surface area contributed by atoms with E-state index in [0.717, 1.165) is 56.0 Å². The van der Waals surface area contributed by atoms with E-state index in [2.05, 4.69) is 21.7 Å². The number of hydrogen-bond acceptors (Lipinski definition) is 5. The standard InChI is InChI=1S/C17H19N3O2S/c21-16(11-3-6-18-7-4-11)20-17-19-14(10-23-17)12-1-2-15-13(9-12)5-8-22-15/h1-2,9-11,18H,3-8H2,(H,19,20,21). The van der Waals surface area contributed by atoms with Crippen molar-refractivity contribution in [1.82, 2.24) is 10.3 Å². The third kappa shape index (κ3) is 3.09. The molecule has 2 aliphatic heterocycles. The minimum atomic E-state index is 0.0924. The summed E-state index contributed by atoms with van der Waals surface area (Å²) in [5, 5.41) is 8.92. The molecule has 3 heterocycles. The van der Waals surface area contributed by atoms with Crippen LogP contribution < -0.4 is 15.4 Å². The van der Waals surface area contributed by atoms with Gasteiger partial charge in [-0.15, -0.1) is 11.3 Å². The Morgan fingerprint density at radius 3 is 3.09 bits per heavy atom. The molecule has 0 atom stereocenters. The zero-order valence-corrected chi connectivity index (χ0v) is 13.6. The lowest BCUT2D eigenvalue weighted by atomic mass is 9.97. The number of amides is 1. The van der Waals surface area contributed by atoms with E-state index in [9.17, 15) is 4.79 Å². The number of piperidine rings is 1. The quantitative estimate of drug-likeness (QED) is 0.909. The molecule has 1 saturated heterocycles. The Morgan fingerprint density at radius 1 is 1.35 bits per heavy atom. The summed E-state index contributed by atoms with van der Waals surface area (Å²) in [4.78, 5) is 16.8. The SMILES string of the molecule is O=C(Nc1nc(-c2ccc3c(c2)CCO3)cs1)C1CCNCC1. The van der Waals surface area contributed by atoms with Crippen LogP contribution in [0.4, 0.5) is 5.13 Å². The first-order valence-corrected chi connectivity index (χ1v) is 8.91. The van der Waals surface area contributed by atoms with Gasteiger partial charge in [-0.2, -0.15) is 0 Å². The number of nitrogens with zero attached hydrogens (tertiary/aromatic N) is 1. The molecule has 0 saturated carbocycles. The molecule has 0 unspecified atom stereocenters.